The summed E-state index contributed by atoms with van der Waals surface area (Å²) in [6.45, 7) is 1.46. The lowest BCUT2D eigenvalue weighted by Crippen LogP contribution is -2.13. The van der Waals surface area contributed by atoms with Gasteiger partial charge in [0.2, 0.25) is 0 Å². The SMILES string of the molecule is O=c1[nH]c(CNCc2c[nH]c3ccccc23)cs1. The minimum absolute atomic E-state index is 0.00102. The van der Waals surface area contributed by atoms with Gasteiger partial charge in [0, 0.05) is 41.3 Å². The van der Waals surface area contributed by atoms with E-state index in [0.717, 1.165) is 17.8 Å². The summed E-state index contributed by atoms with van der Waals surface area (Å²) in [5.74, 6) is 0. The summed E-state index contributed by atoms with van der Waals surface area (Å²) in [5.41, 5.74) is 3.33. The minimum Gasteiger partial charge on any atom is -0.361 e. The standard InChI is InChI=1S/C13H13N3OS/c17-13-16-10(8-18-13)7-14-5-9-6-15-12-4-2-1-3-11(9)12/h1-4,6,8,14-15H,5,7H2,(H,16,17). The van der Waals surface area contributed by atoms with Gasteiger partial charge in [-0.1, -0.05) is 29.5 Å². The number of hydrogen-bond donors (Lipinski definition) is 3. The molecule has 0 radical (unpaired) electrons. The Morgan fingerprint density at radius 1 is 1.22 bits per heavy atom. The summed E-state index contributed by atoms with van der Waals surface area (Å²) in [5, 5.41) is 6.42. The molecule has 0 aliphatic heterocycles. The molecule has 0 amide bonds. The van der Waals surface area contributed by atoms with Gasteiger partial charge >= 0.3 is 4.87 Å². The van der Waals surface area contributed by atoms with Gasteiger partial charge < -0.3 is 15.3 Å². The fraction of sp³-hybridized carbons (Fsp3) is 0.154. The number of rotatable bonds is 4. The van der Waals surface area contributed by atoms with Crippen molar-refractivity contribution in [1.29, 1.82) is 0 Å². The lowest BCUT2D eigenvalue weighted by Gasteiger charge is -2.01. The van der Waals surface area contributed by atoms with E-state index in [0.29, 0.717) is 6.54 Å². The monoisotopic (exact) mass is 259 g/mol. The summed E-state index contributed by atoms with van der Waals surface area (Å²) in [4.78, 5) is 17.0. The molecule has 0 fully saturated rings. The van der Waals surface area contributed by atoms with Crippen LogP contribution >= 0.6 is 11.3 Å². The lowest BCUT2D eigenvalue weighted by atomic mass is 10.2. The topological polar surface area (TPSA) is 60.7 Å². The first-order valence-electron chi connectivity index (χ1n) is 5.75. The van der Waals surface area contributed by atoms with Crippen LogP contribution in [0.15, 0.2) is 40.6 Å². The summed E-state index contributed by atoms with van der Waals surface area (Å²) in [6, 6.07) is 8.23. The molecule has 3 aromatic rings. The Bertz CT molecular complexity index is 710. The molecule has 0 aliphatic rings. The van der Waals surface area contributed by atoms with Crippen LogP contribution in [0.3, 0.4) is 0 Å². The largest absolute Gasteiger partial charge is 0.361 e. The zero-order valence-corrected chi connectivity index (χ0v) is 10.5. The van der Waals surface area contributed by atoms with E-state index in [1.165, 1.54) is 22.3 Å². The van der Waals surface area contributed by atoms with E-state index in [-0.39, 0.29) is 4.87 Å². The summed E-state index contributed by atoms with van der Waals surface area (Å²) >= 11 is 1.20. The molecule has 0 unspecified atom stereocenters. The highest BCUT2D eigenvalue weighted by molar-refractivity contribution is 7.07. The molecule has 2 aromatic heterocycles. The molecule has 3 rings (SSSR count). The number of thiazole rings is 1. The van der Waals surface area contributed by atoms with Gasteiger partial charge in [-0.2, -0.15) is 0 Å². The smallest absolute Gasteiger partial charge is 0.304 e. The Kier molecular flexibility index (Phi) is 3.00. The second-order valence-electron chi connectivity index (χ2n) is 4.14. The van der Waals surface area contributed by atoms with Crippen molar-refractivity contribution < 1.29 is 0 Å². The lowest BCUT2D eigenvalue weighted by molar-refractivity contribution is 0.684. The highest BCUT2D eigenvalue weighted by atomic mass is 32.1. The van der Waals surface area contributed by atoms with Crippen LogP contribution in [0.4, 0.5) is 0 Å². The molecule has 0 saturated heterocycles. The molecule has 5 heteroatoms. The molecule has 0 bridgehead atoms. The van der Waals surface area contributed by atoms with Gasteiger partial charge in [0.15, 0.2) is 0 Å². The Hall–Kier alpha value is -1.85. The molecule has 4 nitrogen and oxygen atoms in total. The average molecular weight is 259 g/mol. The normalized spacial score (nSPS) is 11.1. The number of fused-ring (bicyclic) bond motifs is 1. The maximum atomic E-state index is 11.0. The van der Waals surface area contributed by atoms with Gasteiger partial charge in [0.25, 0.3) is 0 Å². The van der Waals surface area contributed by atoms with Crippen LogP contribution in [0.2, 0.25) is 0 Å². The molecular formula is C13H13N3OS. The molecule has 0 spiro atoms. The maximum absolute atomic E-state index is 11.0. The van der Waals surface area contributed by atoms with Gasteiger partial charge in [-0.3, -0.25) is 4.79 Å². The highest BCUT2D eigenvalue weighted by Crippen LogP contribution is 2.17. The van der Waals surface area contributed by atoms with E-state index in [2.05, 4.69) is 27.4 Å². The first-order chi connectivity index (χ1) is 8.83. The first-order valence-corrected chi connectivity index (χ1v) is 6.63. The van der Waals surface area contributed by atoms with Gasteiger partial charge in [-0.05, 0) is 11.6 Å². The van der Waals surface area contributed by atoms with Crippen LogP contribution in [0.25, 0.3) is 10.9 Å². The van der Waals surface area contributed by atoms with Crippen molar-refractivity contribution in [2.45, 2.75) is 13.1 Å². The number of aromatic nitrogens is 2. The molecule has 0 atom stereocenters. The van der Waals surface area contributed by atoms with Crippen molar-refractivity contribution in [1.82, 2.24) is 15.3 Å². The number of hydrogen-bond acceptors (Lipinski definition) is 3. The molecular weight excluding hydrogens is 246 g/mol. The Labute approximate surface area is 108 Å². The third-order valence-electron chi connectivity index (χ3n) is 2.88. The van der Waals surface area contributed by atoms with Crippen molar-refractivity contribution in [3.05, 3.63) is 56.8 Å². The first kappa shape index (κ1) is 11.3. The third kappa shape index (κ3) is 2.23. The van der Waals surface area contributed by atoms with Crippen molar-refractivity contribution in [2.75, 3.05) is 0 Å². The van der Waals surface area contributed by atoms with Crippen LogP contribution in [0, 0.1) is 0 Å². The molecule has 92 valence electrons. The Morgan fingerprint density at radius 2 is 2.11 bits per heavy atom. The minimum atomic E-state index is -0.00102. The average Bonchev–Trinajstić information content (AvgIpc) is 2.97. The number of benzene rings is 1. The van der Waals surface area contributed by atoms with E-state index in [1.54, 1.807) is 0 Å². The fourth-order valence-corrected chi connectivity index (χ4v) is 2.59. The van der Waals surface area contributed by atoms with E-state index in [9.17, 15) is 4.79 Å². The van der Waals surface area contributed by atoms with Crippen molar-refractivity contribution in [3.8, 4) is 0 Å². The number of nitrogens with one attached hydrogen (secondary N) is 3. The Morgan fingerprint density at radius 3 is 2.94 bits per heavy atom. The van der Waals surface area contributed by atoms with E-state index < -0.39 is 0 Å². The van der Waals surface area contributed by atoms with Crippen molar-refractivity contribution >= 4 is 22.2 Å². The summed E-state index contributed by atoms with van der Waals surface area (Å²) in [7, 11) is 0. The van der Waals surface area contributed by atoms with Gasteiger partial charge in [-0.25, -0.2) is 0 Å². The number of para-hydroxylation sites is 1. The van der Waals surface area contributed by atoms with Crippen LogP contribution < -0.4 is 10.2 Å². The zero-order chi connectivity index (χ0) is 12.4. The Balaban J connectivity index is 1.68. The zero-order valence-electron chi connectivity index (χ0n) is 9.69. The second-order valence-corrected chi connectivity index (χ2v) is 4.98. The van der Waals surface area contributed by atoms with Gasteiger partial charge in [-0.15, -0.1) is 0 Å². The second kappa shape index (κ2) is 4.80. The molecule has 1 aromatic carbocycles. The van der Waals surface area contributed by atoms with Gasteiger partial charge in [0.1, 0.15) is 0 Å². The van der Waals surface area contributed by atoms with E-state index in [1.807, 2.05) is 23.7 Å². The summed E-state index contributed by atoms with van der Waals surface area (Å²) in [6.07, 6.45) is 2.02. The van der Waals surface area contributed by atoms with E-state index in [4.69, 9.17) is 0 Å². The highest BCUT2D eigenvalue weighted by Gasteiger charge is 2.02. The number of H-pyrrole nitrogens is 2. The van der Waals surface area contributed by atoms with Crippen LogP contribution in [-0.4, -0.2) is 9.97 Å². The summed E-state index contributed by atoms with van der Waals surface area (Å²) < 4.78 is 0. The van der Waals surface area contributed by atoms with Crippen molar-refractivity contribution in [3.63, 3.8) is 0 Å². The number of aromatic amines is 2. The predicted molar refractivity (Wildman–Crippen MR) is 73.8 cm³/mol. The van der Waals surface area contributed by atoms with Gasteiger partial charge in [0.05, 0.1) is 0 Å². The maximum Gasteiger partial charge on any atom is 0.304 e. The quantitative estimate of drug-likeness (QED) is 0.672. The van der Waals surface area contributed by atoms with Crippen LogP contribution in [-0.2, 0) is 13.1 Å². The molecule has 0 aliphatic carbocycles. The molecule has 18 heavy (non-hydrogen) atoms. The van der Waals surface area contributed by atoms with E-state index >= 15 is 0 Å². The van der Waals surface area contributed by atoms with Crippen LogP contribution in [0.5, 0.6) is 0 Å². The predicted octanol–water partition coefficient (Wildman–Crippen LogP) is 2.21. The third-order valence-corrected chi connectivity index (χ3v) is 3.60. The van der Waals surface area contributed by atoms with Crippen molar-refractivity contribution in [2.24, 2.45) is 0 Å². The fourth-order valence-electron chi connectivity index (χ4n) is 2.01. The molecule has 2 heterocycles. The van der Waals surface area contributed by atoms with Crippen LogP contribution in [0.1, 0.15) is 11.3 Å². The molecule has 3 N–H and O–H groups in total. The molecule has 0 saturated carbocycles.